The molecule has 1 N–H and O–H groups in total. The lowest BCUT2D eigenvalue weighted by Crippen LogP contribution is -2.53. The van der Waals surface area contributed by atoms with Crippen molar-refractivity contribution in [3.8, 4) is 0 Å². The van der Waals surface area contributed by atoms with Gasteiger partial charge in [0.1, 0.15) is 0 Å². The molecule has 1 aromatic rings. The number of rotatable bonds is 3. The summed E-state index contributed by atoms with van der Waals surface area (Å²) >= 11 is 0. The summed E-state index contributed by atoms with van der Waals surface area (Å²) in [6.07, 6.45) is 2.76. The van der Waals surface area contributed by atoms with E-state index in [1.807, 2.05) is 24.3 Å². The van der Waals surface area contributed by atoms with Crippen molar-refractivity contribution in [2.45, 2.75) is 13.8 Å². The molecular formula is C14H17NO2. The van der Waals surface area contributed by atoms with Crippen molar-refractivity contribution in [1.82, 2.24) is 0 Å². The van der Waals surface area contributed by atoms with Gasteiger partial charge in [0.05, 0.1) is 0 Å². The summed E-state index contributed by atoms with van der Waals surface area (Å²) in [5.74, 6) is -0.918. The van der Waals surface area contributed by atoms with Gasteiger partial charge in [-0.05, 0) is 29.2 Å². The fraction of sp³-hybridized carbons (Fsp3) is 0.357. The first-order valence-electron chi connectivity index (χ1n) is 5.72. The zero-order chi connectivity index (χ0) is 12.5. The quantitative estimate of drug-likeness (QED) is 0.813. The number of anilines is 1. The molecule has 3 heteroatoms. The van der Waals surface area contributed by atoms with Crippen molar-refractivity contribution in [2.75, 3.05) is 18.0 Å². The van der Waals surface area contributed by atoms with Crippen LogP contribution in [0.4, 0.5) is 5.69 Å². The molecule has 1 aromatic carbocycles. The van der Waals surface area contributed by atoms with Crippen LogP contribution in [0.25, 0.3) is 6.08 Å². The zero-order valence-corrected chi connectivity index (χ0v) is 10.2. The van der Waals surface area contributed by atoms with E-state index in [1.165, 1.54) is 5.69 Å². The summed E-state index contributed by atoms with van der Waals surface area (Å²) in [5.41, 5.74) is 2.54. The Morgan fingerprint density at radius 1 is 1.29 bits per heavy atom. The summed E-state index contributed by atoms with van der Waals surface area (Å²) < 4.78 is 0. The zero-order valence-electron chi connectivity index (χ0n) is 10.2. The third-order valence-electron chi connectivity index (χ3n) is 2.91. The van der Waals surface area contributed by atoms with E-state index >= 15 is 0 Å². The molecule has 1 heterocycles. The average Bonchev–Trinajstić information content (AvgIpc) is 2.24. The number of carboxylic acids is 1. The molecule has 1 saturated heterocycles. The van der Waals surface area contributed by atoms with Gasteiger partial charge < -0.3 is 10.0 Å². The molecule has 0 aliphatic carbocycles. The first kappa shape index (κ1) is 11.7. The van der Waals surface area contributed by atoms with Crippen LogP contribution in [-0.2, 0) is 4.79 Å². The largest absolute Gasteiger partial charge is 0.478 e. The van der Waals surface area contributed by atoms with Crippen molar-refractivity contribution < 1.29 is 9.90 Å². The molecule has 0 atom stereocenters. The lowest BCUT2D eigenvalue weighted by atomic mass is 9.84. The van der Waals surface area contributed by atoms with Crippen LogP contribution in [0.5, 0.6) is 0 Å². The number of nitrogens with zero attached hydrogens (tertiary/aromatic N) is 1. The summed E-state index contributed by atoms with van der Waals surface area (Å²) in [6.45, 7) is 6.68. The first-order chi connectivity index (χ1) is 7.96. The Morgan fingerprint density at radius 2 is 1.88 bits per heavy atom. The number of hydrogen-bond acceptors (Lipinski definition) is 2. The number of hydrogen-bond donors (Lipinski definition) is 1. The maximum absolute atomic E-state index is 10.4. The number of benzene rings is 1. The predicted molar refractivity (Wildman–Crippen MR) is 69.1 cm³/mol. The molecule has 0 bridgehead atoms. The molecule has 3 nitrogen and oxygen atoms in total. The van der Waals surface area contributed by atoms with Crippen LogP contribution in [-0.4, -0.2) is 24.2 Å². The van der Waals surface area contributed by atoms with Gasteiger partial charge in [-0.25, -0.2) is 4.79 Å². The average molecular weight is 231 g/mol. The van der Waals surface area contributed by atoms with E-state index in [1.54, 1.807) is 6.08 Å². The molecule has 0 amide bonds. The van der Waals surface area contributed by atoms with Gasteiger partial charge in [0, 0.05) is 24.9 Å². The minimum absolute atomic E-state index is 0.419. The molecule has 2 rings (SSSR count). The highest BCUT2D eigenvalue weighted by molar-refractivity contribution is 5.85. The fourth-order valence-corrected chi connectivity index (χ4v) is 2.13. The molecule has 0 unspecified atom stereocenters. The molecule has 17 heavy (non-hydrogen) atoms. The molecule has 90 valence electrons. The number of aliphatic carboxylic acids is 1. The van der Waals surface area contributed by atoms with E-state index in [0.29, 0.717) is 5.41 Å². The van der Waals surface area contributed by atoms with Gasteiger partial charge in [-0.2, -0.15) is 0 Å². The Morgan fingerprint density at radius 3 is 2.35 bits per heavy atom. The predicted octanol–water partition coefficient (Wildman–Crippen LogP) is 2.63. The Kier molecular flexibility index (Phi) is 2.92. The standard InChI is InChI=1S/C14H17NO2/c1-14(2)9-15(10-14)12-6-3-11(4-7-12)5-8-13(16)17/h3-8H,9-10H2,1-2H3,(H,16,17)/b8-5+. The van der Waals surface area contributed by atoms with Crippen molar-refractivity contribution in [3.63, 3.8) is 0 Å². The van der Waals surface area contributed by atoms with Crippen LogP contribution in [0.15, 0.2) is 30.3 Å². The second-order valence-corrected chi connectivity index (χ2v) is 5.28. The lowest BCUT2D eigenvalue weighted by Gasteiger charge is -2.47. The van der Waals surface area contributed by atoms with Crippen LogP contribution in [0.3, 0.4) is 0 Å². The Bertz CT molecular complexity index is 438. The third-order valence-corrected chi connectivity index (χ3v) is 2.91. The first-order valence-corrected chi connectivity index (χ1v) is 5.72. The second kappa shape index (κ2) is 4.24. The van der Waals surface area contributed by atoms with Crippen molar-refractivity contribution in [3.05, 3.63) is 35.9 Å². The molecule has 1 aliphatic rings. The fourth-order valence-electron chi connectivity index (χ4n) is 2.13. The summed E-state index contributed by atoms with van der Waals surface area (Å²) in [5, 5.41) is 8.53. The van der Waals surface area contributed by atoms with Crippen LogP contribution in [0.2, 0.25) is 0 Å². The topological polar surface area (TPSA) is 40.5 Å². The molecule has 1 fully saturated rings. The van der Waals surface area contributed by atoms with Crippen LogP contribution in [0, 0.1) is 5.41 Å². The molecular weight excluding hydrogens is 214 g/mol. The van der Waals surface area contributed by atoms with Crippen molar-refractivity contribution in [1.29, 1.82) is 0 Å². The van der Waals surface area contributed by atoms with Gasteiger partial charge in [0.2, 0.25) is 0 Å². The van der Waals surface area contributed by atoms with E-state index in [-0.39, 0.29) is 0 Å². The van der Waals surface area contributed by atoms with Crippen molar-refractivity contribution in [2.24, 2.45) is 5.41 Å². The maximum Gasteiger partial charge on any atom is 0.328 e. The van der Waals surface area contributed by atoms with Gasteiger partial charge >= 0.3 is 5.97 Å². The molecule has 0 spiro atoms. The van der Waals surface area contributed by atoms with Crippen LogP contribution >= 0.6 is 0 Å². The highest BCUT2D eigenvalue weighted by Gasteiger charge is 2.33. The van der Waals surface area contributed by atoms with Crippen LogP contribution < -0.4 is 4.90 Å². The van der Waals surface area contributed by atoms with Crippen LogP contribution in [0.1, 0.15) is 19.4 Å². The molecule has 0 radical (unpaired) electrons. The van der Waals surface area contributed by atoms with Crippen molar-refractivity contribution >= 4 is 17.7 Å². The van der Waals surface area contributed by atoms with Gasteiger partial charge in [-0.1, -0.05) is 26.0 Å². The Balaban J connectivity index is 2.02. The van der Waals surface area contributed by atoms with E-state index in [9.17, 15) is 4.79 Å². The molecule has 0 saturated carbocycles. The number of carboxylic acid groups (broad SMARTS) is 1. The van der Waals surface area contributed by atoms with Gasteiger partial charge in [-0.15, -0.1) is 0 Å². The lowest BCUT2D eigenvalue weighted by molar-refractivity contribution is -0.131. The highest BCUT2D eigenvalue weighted by atomic mass is 16.4. The van der Waals surface area contributed by atoms with E-state index in [4.69, 9.17) is 5.11 Å². The van der Waals surface area contributed by atoms with E-state index < -0.39 is 5.97 Å². The second-order valence-electron chi connectivity index (χ2n) is 5.28. The van der Waals surface area contributed by atoms with E-state index in [2.05, 4.69) is 18.7 Å². The normalized spacial score (nSPS) is 18.1. The van der Waals surface area contributed by atoms with Gasteiger partial charge in [0.25, 0.3) is 0 Å². The SMILES string of the molecule is CC1(C)CN(c2ccc(/C=C/C(=O)O)cc2)C1. The summed E-state index contributed by atoms with van der Waals surface area (Å²) in [4.78, 5) is 12.7. The smallest absolute Gasteiger partial charge is 0.328 e. The summed E-state index contributed by atoms with van der Waals surface area (Å²) in [6, 6.07) is 7.97. The molecule has 1 aliphatic heterocycles. The number of carbonyl (C=O) groups is 1. The van der Waals surface area contributed by atoms with Gasteiger partial charge in [-0.3, -0.25) is 0 Å². The minimum atomic E-state index is -0.918. The summed E-state index contributed by atoms with van der Waals surface area (Å²) in [7, 11) is 0. The maximum atomic E-state index is 10.4. The highest BCUT2D eigenvalue weighted by Crippen LogP contribution is 2.33. The van der Waals surface area contributed by atoms with Gasteiger partial charge in [0.15, 0.2) is 0 Å². The Hall–Kier alpha value is -1.77. The molecule has 0 aromatic heterocycles. The Labute approximate surface area is 101 Å². The third kappa shape index (κ3) is 2.87. The monoisotopic (exact) mass is 231 g/mol. The van der Waals surface area contributed by atoms with E-state index in [0.717, 1.165) is 24.7 Å². The minimum Gasteiger partial charge on any atom is -0.478 e.